The molecule has 0 saturated carbocycles. The normalized spacial score (nSPS) is 11.0. The summed E-state index contributed by atoms with van der Waals surface area (Å²) in [6.07, 6.45) is 2.78. The van der Waals surface area contributed by atoms with Crippen molar-refractivity contribution < 1.29 is 13.2 Å². The van der Waals surface area contributed by atoms with E-state index in [1.807, 2.05) is 0 Å². The molecule has 1 aromatic carbocycles. The molecule has 0 fully saturated rings. The molecule has 0 atom stereocenters. The third kappa shape index (κ3) is 3.57. The lowest BCUT2D eigenvalue weighted by atomic mass is 10.2. The van der Waals surface area contributed by atoms with Gasteiger partial charge in [-0.1, -0.05) is 0 Å². The average Bonchev–Trinajstić information content (AvgIpc) is 2.48. The third-order valence-corrected chi connectivity index (χ3v) is 4.29. The van der Waals surface area contributed by atoms with Crippen molar-refractivity contribution in [1.29, 1.82) is 0 Å². The molecule has 0 aliphatic carbocycles. The Bertz CT molecular complexity index is 728. The Morgan fingerprint density at radius 3 is 2.38 bits per heavy atom. The fourth-order valence-corrected chi connectivity index (χ4v) is 2.68. The van der Waals surface area contributed by atoms with E-state index in [9.17, 15) is 13.2 Å². The van der Waals surface area contributed by atoms with E-state index < -0.39 is 10.0 Å². The smallest absolute Gasteiger partial charge is 0.263 e. The summed E-state index contributed by atoms with van der Waals surface area (Å²) in [7, 11) is -2.01. The third-order valence-electron chi connectivity index (χ3n) is 2.92. The maximum Gasteiger partial charge on any atom is 0.263 e. The van der Waals surface area contributed by atoms with Crippen LogP contribution < -0.4 is 9.62 Å². The minimum atomic E-state index is -3.66. The van der Waals surface area contributed by atoms with E-state index in [2.05, 4.69) is 9.71 Å². The number of hydrogen-bond acceptors (Lipinski definition) is 4. The molecule has 0 aliphatic heterocycles. The van der Waals surface area contributed by atoms with Crippen LogP contribution in [0, 0.1) is 0 Å². The summed E-state index contributed by atoms with van der Waals surface area (Å²) in [6.45, 7) is 1.46. The number of nitrogens with one attached hydrogen (secondary N) is 1. The average molecular weight is 305 g/mol. The molecule has 0 bridgehead atoms. The second-order valence-electron chi connectivity index (χ2n) is 4.42. The van der Waals surface area contributed by atoms with Gasteiger partial charge in [-0.05, 0) is 36.4 Å². The van der Waals surface area contributed by atoms with Crippen molar-refractivity contribution in [3.05, 3.63) is 48.8 Å². The molecule has 0 unspecified atom stereocenters. The lowest BCUT2D eigenvalue weighted by Crippen LogP contribution is -2.22. The fraction of sp³-hybridized carbons (Fsp3) is 0.143. The molecule has 2 aromatic rings. The van der Waals surface area contributed by atoms with Crippen LogP contribution in [0.25, 0.3) is 0 Å². The van der Waals surface area contributed by atoms with Gasteiger partial charge in [0, 0.05) is 37.7 Å². The number of nitrogens with zero attached hydrogens (tertiary/aromatic N) is 2. The molecular weight excluding hydrogens is 290 g/mol. The van der Waals surface area contributed by atoms with Crippen molar-refractivity contribution in [2.24, 2.45) is 0 Å². The summed E-state index contributed by atoms with van der Waals surface area (Å²) in [5.41, 5.74) is 1.10. The van der Waals surface area contributed by atoms with Crippen LogP contribution in [-0.2, 0) is 14.8 Å². The summed E-state index contributed by atoms with van der Waals surface area (Å²) in [4.78, 5) is 16.6. The maximum atomic E-state index is 12.1. The van der Waals surface area contributed by atoms with E-state index in [-0.39, 0.29) is 10.8 Å². The topological polar surface area (TPSA) is 79.4 Å². The van der Waals surface area contributed by atoms with Crippen molar-refractivity contribution >= 4 is 27.3 Å². The number of rotatable bonds is 4. The Morgan fingerprint density at radius 1 is 1.19 bits per heavy atom. The number of amides is 1. The van der Waals surface area contributed by atoms with Gasteiger partial charge in [0.25, 0.3) is 10.0 Å². The van der Waals surface area contributed by atoms with E-state index in [1.165, 1.54) is 30.3 Å². The second-order valence-corrected chi connectivity index (χ2v) is 6.10. The Balaban J connectivity index is 2.19. The lowest BCUT2D eigenvalue weighted by molar-refractivity contribution is -0.116. The summed E-state index contributed by atoms with van der Waals surface area (Å²) in [6, 6.07) is 9.56. The molecule has 0 saturated heterocycles. The highest BCUT2D eigenvalue weighted by atomic mass is 32.2. The van der Waals surface area contributed by atoms with Crippen LogP contribution in [0.15, 0.2) is 53.7 Å². The molecule has 0 aliphatic rings. The quantitative estimate of drug-likeness (QED) is 0.935. The van der Waals surface area contributed by atoms with Gasteiger partial charge in [0.2, 0.25) is 5.91 Å². The van der Waals surface area contributed by atoms with Crippen LogP contribution in [0.1, 0.15) is 6.92 Å². The molecule has 0 radical (unpaired) electrons. The minimum Gasteiger partial charge on any atom is -0.316 e. The zero-order valence-electron chi connectivity index (χ0n) is 11.6. The van der Waals surface area contributed by atoms with Gasteiger partial charge in [-0.2, -0.15) is 0 Å². The van der Waals surface area contributed by atoms with Crippen molar-refractivity contribution in [3.63, 3.8) is 0 Å². The molecule has 6 nitrogen and oxygen atoms in total. The molecular formula is C14H15N3O3S. The number of anilines is 2. The van der Waals surface area contributed by atoms with Crippen LogP contribution in [0.5, 0.6) is 0 Å². The first-order chi connectivity index (χ1) is 9.90. The molecule has 1 N–H and O–H groups in total. The van der Waals surface area contributed by atoms with Crippen molar-refractivity contribution in [2.45, 2.75) is 11.8 Å². The number of sulfonamides is 1. The molecule has 1 amide bonds. The standard InChI is InChI=1S/C14H15N3O3S/c1-11(18)17(2)13-7-5-12(6-8-13)16-21(19,20)14-4-3-9-15-10-14/h3-10,16H,1-2H3. The van der Waals surface area contributed by atoms with Crippen LogP contribution >= 0.6 is 0 Å². The van der Waals surface area contributed by atoms with Crippen molar-refractivity contribution in [1.82, 2.24) is 4.98 Å². The lowest BCUT2D eigenvalue weighted by Gasteiger charge is -2.15. The van der Waals surface area contributed by atoms with Crippen LogP contribution in [0.4, 0.5) is 11.4 Å². The molecule has 1 aromatic heterocycles. The highest BCUT2D eigenvalue weighted by Crippen LogP contribution is 2.19. The predicted molar refractivity (Wildman–Crippen MR) is 80.6 cm³/mol. The minimum absolute atomic E-state index is 0.0925. The molecule has 2 rings (SSSR count). The van der Waals surface area contributed by atoms with Crippen molar-refractivity contribution in [2.75, 3.05) is 16.7 Å². The van der Waals surface area contributed by atoms with E-state index >= 15 is 0 Å². The van der Waals surface area contributed by atoms with Gasteiger partial charge < -0.3 is 4.90 Å². The monoisotopic (exact) mass is 305 g/mol. The Labute approximate surface area is 123 Å². The van der Waals surface area contributed by atoms with Crippen LogP contribution in [-0.4, -0.2) is 26.4 Å². The number of benzene rings is 1. The molecule has 0 spiro atoms. The number of aromatic nitrogens is 1. The van der Waals surface area contributed by atoms with Crippen LogP contribution in [0.3, 0.4) is 0 Å². The predicted octanol–water partition coefficient (Wildman–Crippen LogP) is 1.87. The van der Waals surface area contributed by atoms with Gasteiger partial charge in [-0.25, -0.2) is 8.42 Å². The fourth-order valence-electron chi connectivity index (χ4n) is 1.66. The van der Waals surface area contributed by atoms with Crippen LogP contribution in [0.2, 0.25) is 0 Å². The summed E-state index contributed by atoms with van der Waals surface area (Å²) < 4.78 is 26.7. The molecule has 1 heterocycles. The molecule has 110 valence electrons. The molecule has 21 heavy (non-hydrogen) atoms. The second kappa shape index (κ2) is 5.92. The number of carbonyl (C=O) groups excluding carboxylic acids is 1. The Morgan fingerprint density at radius 2 is 1.86 bits per heavy atom. The van der Waals surface area contributed by atoms with Crippen molar-refractivity contribution in [3.8, 4) is 0 Å². The number of pyridine rings is 1. The van der Waals surface area contributed by atoms with Gasteiger partial charge in [0.1, 0.15) is 4.90 Å². The molecule has 7 heteroatoms. The Kier molecular flexibility index (Phi) is 4.23. The first-order valence-corrected chi connectivity index (χ1v) is 7.66. The van der Waals surface area contributed by atoms with Gasteiger partial charge >= 0.3 is 0 Å². The first-order valence-electron chi connectivity index (χ1n) is 6.17. The van der Waals surface area contributed by atoms with Gasteiger partial charge in [-0.3, -0.25) is 14.5 Å². The SMILES string of the molecule is CC(=O)N(C)c1ccc(NS(=O)(=O)c2cccnc2)cc1. The summed E-state index contributed by atoms with van der Waals surface area (Å²) in [5.74, 6) is -0.0984. The number of carbonyl (C=O) groups is 1. The highest BCUT2D eigenvalue weighted by molar-refractivity contribution is 7.92. The highest BCUT2D eigenvalue weighted by Gasteiger charge is 2.14. The number of hydrogen-bond donors (Lipinski definition) is 1. The van der Waals surface area contributed by atoms with E-state index in [0.717, 1.165) is 0 Å². The largest absolute Gasteiger partial charge is 0.316 e. The summed E-state index contributed by atoms with van der Waals surface area (Å²) in [5, 5.41) is 0. The van der Waals surface area contributed by atoms with Gasteiger partial charge in [0.05, 0.1) is 0 Å². The van der Waals surface area contributed by atoms with E-state index in [4.69, 9.17) is 0 Å². The Hall–Kier alpha value is -2.41. The van der Waals surface area contributed by atoms with E-state index in [0.29, 0.717) is 11.4 Å². The first kappa shape index (κ1) is 15.0. The van der Waals surface area contributed by atoms with Gasteiger partial charge in [-0.15, -0.1) is 0 Å². The summed E-state index contributed by atoms with van der Waals surface area (Å²) >= 11 is 0. The van der Waals surface area contributed by atoms with E-state index in [1.54, 1.807) is 37.4 Å². The maximum absolute atomic E-state index is 12.1. The zero-order chi connectivity index (χ0) is 15.5. The zero-order valence-corrected chi connectivity index (χ0v) is 12.5. The van der Waals surface area contributed by atoms with Gasteiger partial charge in [0.15, 0.2) is 0 Å².